The van der Waals surface area contributed by atoms with Crippen LogP contribution in [0.2, 0.25) is 0 Å². The van der Waals surface area contributed by atoms with Gasteiger partial charge < -0.3 is 5.32 Å². The third kappa shape index (κ3) is 4.18. The van der Waals surface area contributed by atoms with E-state index in [1.54, 1.807) is 0 Å². The molecule has 1 saturated carbocycles. The third-order valence-electron chi connectivity index (χ3n) is 5.36. The second kappa shape index (κ2) is 8.33. The number of nitrogens with one attached hydrogen (secondary N) is 1. The fourth-order valence-corrected chi connectivity index (χ4v) is 3.82. The molecule has 1 saturated heterocycles. The molecule has 1 aliphatic carbocycles. The number of carbonyl (C=O) groups excluding carboxylic acids is 4. The van der Waals surface area contributed by atoms with E-state index in [1.165, 1.54) is 0 Å². The van der Waals surface area contributed by atoms with Crippen molar-refractivity contribution in [3.63, 3.8) is 0 Å². The molecule has 1 aliphatic heterocycles. The van der Waals surface area contributed by atoms with Crippen molar-refractivity contribution in [2.75, 3.05) is 13.1 Å². The maximum atomic E-state index is 12.6. The Morgan fingerprint density at radius 2 is 1.78 bits per heavy atom. The third-order valence-corrected chi connectivity index (χ3v) is 5.36. The molecule has 1 aromatic rings. The molecule has 7 nitrogen and oxygen atoms in total. The SMILES string of the molecule is C[C@@H]1CCCC[C@@H]1N1C(=O)C(=O)N(CC(=O)NCCc2ccccc2)C1=O. The number of nitrogens with zero attached hydrogens (tertiary/aromatic N) is 2. The standard InChI is InChI=1S/C20H25N3O4/c1-14-7-5-6-10-16(14)23-19(26)18(25)22(20(23)27)13-17(24)21-12-11-15-8-3-2-4-9-15/h2-4,8-9,14,16H,5-7,10-13H2,1H3,(H,21,24)/t14-,16+/m1/s1. The molecule has 0 radical (unpaired) electrons. The zero-order chi connectivity index (χ0) is 19.4. The monoisotopic (exact) mass is 371 g/mol. The van der Waals surface area contributed by atoms with Gasteiger partial charge in [0.25, 0.3) is 0 Å². The van der Waals surface area contributed by atoms with E-state index >= 15 is 0 Å². The molecule has 0 aromatic heterocycles. The van der Waals surface area contributed by atoms with E-state index in [2.05, 4.69) is 5.32 Å². The van der Waals surface area contributed by atoms with Crippen LogP contribution in [0.3, 0.4) is 0 Å². The van der Waals surface area contributed by atoms with Crippen LogP contribution in [0.15, 0.2) is 30.3 Å². The second-order valence-electron chi connectivity index (χ2n) is 7.26. The summed E-state index contributed by atoms with van der Waals surface area (Å²) in [5, 5.41) is 2.70. The first-order valence-corrected chi connectivity index (χ1v) is 9.48. The maximum Gasteiger partial charge on any atom is 0.334 e. The molecule has 2 fully saturated rings. The van der Waals surface area contributed by atoms with Gasteiger partial charge in [0, 0.05) is 12.6 Å². The Morgan fingerprint density at radius 1 is 1.07 bits per heavy atom. The molecule has 144 valence electrons. The van der Waals surface area contributed by atoms with Crippen molar-refractivity contribution in [1.29, 1.82) is 0 Å². The molecule has 1 aromatic carbocycles. The molecule has 0 unspecified atom stereocenters. The van der Waals surface area contributed by atoms with Gasteiger partial charge in [-0.05, 0) is 30.7 Å². The van der Waals surface area contributed by atoms with E-state index in [0.29, 0.717) is 19.4 Å². The number of carbonyl (C=O) groups is 4. The maximum absolute atomic E-state index is 12.6. The molecular weight excluding hydrogens is 346 g/mol. The van der Waals surface area contributed by atoms with Crippen LogP contribution in [0.5, 0.6) is 0 Å². The minimum absolute atomic E-state index is 0.166. The molecule has 2 aliphatic rings. The van der Waals surface area contributed by atoms with E-state index in [-0.39, 0.29) is 12.0 Å². The lowest BCUT2D eigenvalue weighted by Gasteiger charge is -2.34. The topological polar surface area (TPSA) is 86.8 Å². The van der Waals surface area contributed by atoms with Crippen LogP contribution < -0.4 is 5.32 Å². The van der Waals surface area contributed by atoms with Crippen LogP contribution in [-0.4, -0.2) is 52.7 Å². The normalized spacial score (nSPS) is 23.1. The fraction of sp³-hybridized carbons (Fsp3) is 0.500. The number of hydrogen-bond donors (Lipinski definition) is 1. The van der Waals surface area contributed by atoms with Crippen LogP contribution in [0.1, 0.15) is 38.2 Å². The number of benzene rings is 1. The first-order valence-electron chi connectivity index (χ1n) is 9.48. The molecule has 2 atom stereocenters. The summed E-state index contributed by atoms with van der Waals surface area (Å²) in [7, 11) is 0. The van der Waals surface area contributed by atoms with Gasteiger partial charge in [0.15, 0.2) is 0 Å². The molecule has 3 rings (SSSR count). The smallest absolute Gasteiger partial charge is 0.334 e. The zero-order valence-electron chi connectivity index (χ0n) is 15.5. The molecule has 1 N–H and O–H groups in total. The van der Waals surface area contributed by atoms with Crippen molar-refractivity contribution < 1.29 is 19.2 Å². The number of amides is 5. The fourth-order valence-electron chi connectivity index (χ4n) is 3.82. The van der Waals surface area contributed by atoms with Crippen molar-refractivity contribution in [2.45, 2.75) is 45.1 Å². The van der Waals surface area contributed by atoms with Gasteiger partial charge in [-0.3, -0.25) is 19.3 Å². The van der Waals surface area contributed by atoms with Crippen LogP contribution in [0, 0.1) is 5.92 Å². The van der Waals surface area contributed by atoms with Gasteiger partial charge in [-0.15, -0.1) is 0 Å². The summed E-state index contributed by atoms with van der Waals surface area (Å²) >= 11 is 0. The molecular formula is C20H25N3O4. The predicted molar refractivity (Wildman–Crippen MR) is 98.5 cm³/mol. The van der Waals surface area contributed by atoms with E-state index < -0.39 is 30.3 Å². The van der Waals surface area contributed by atoms with Gasteiger partial charge in [0.2, 0.25) is 5.91 Å². The van der Waals surface area contributed by atoms with Crippen LogP contribution in [0.25, 0.3) is 0 Å². The molecule has 7 heteroatoms. The van der Waals surface area contributed by atoms with Crippen LogP contribution in [0.4, 0.5) is 4.79 Å². The van der Waals surface area contributed by atoms with Gasteiger partial charge >= 0.3 is 17.8 Å². The predicted octanol–water partition coefficient (Wildman–Crippen LogP) is 1.71. The van der Waals surface area contributed by atoms with E-state index in [1.807, 2.05) is 37.3 Å². The van der Waals surface area contributed by atoms with E-state index in [9.17, 15) is 19.2 Å². The van der Waals surface area contributed by atoms with Crippen molar-refractivity contribution in [3.8, 4) is 0 Å². The van der Waals surface area contributed by atoms with Crippen molar-refractivity contribution in [1.82, 2.24) is 15.1 Å². The summed E-state index contributed by atoms with van der Waals surface area (Å²) in [5.41, 5.74) is 1.08. The zero-order valence-corrected chi connectivity index (χ0v) is 15.5. The van der Waals surface area contributed by atoms with Gasteiger partial charge in [0.05, 0.1) is 0 Å². The van der Waals surface area contributed by atoms with Crippen molar-refractivity contribution >= 4 is 23.8 Å². The summed E-state index contributed by atoms with van der Waals surface area (Å²) in [6.45, 7) is 1.97. The lowest BCUT2D eigenvalue weighted by Crippen LogP contribution is -2.47. The lowest BCUT2D eigenvalue weighted by atomic mass is 9.85. The van der Waals surface area contributed by atoms with Crippen molar-refractivity contribution in [3.05, 3.63) is 35.9 Å². The Hall–Kier alpha value is -2.70. The van der Waals surface area contributed by atoms with Crippen LogP contribution >= 0.6 is 0 Å². The summed E-state index contributed by atoms with van der Waals surface area (Å²) in [5.74, 6) is -2.00. The van der Waals surface area contributed by atoms with Crippen molar-refractivity contribution in [2.24, 2.45) is 5.92 Å². The summed E-state index contributed by atoms with van der Waals surface area (Å²) in [4.78, 5) is 51.2. The van der Waals surface area contributed by atoms with E-state index in [0.717, 1.165) is 34.6 Å². The Kier molecular flexibility index (Phi) is 5.88. The second-order valence-corrected chi connectivity index (χ2v) is 7.26. The number of hydrogen-bond acceptors (Lipinski definition) is 4. The molecule has 27 heavy (non-hydrogen) atoms. The Bertz CT molecular complexity index is 734. The minimum atomic E-state index is -0.906. The molecule has 0 bridgehead atoms. The lowest BCUT2D eigenvalue weighted by molar-refractivity contribution is -0.145. The number of imide groups is 2. The van der Waals surface area contributed by atoms with Gasteiger partial charge in [0.1, 0.15) is 6.54 Å². The van der Waals surface area contributed by atoms with Gasteiger partial charge in [-0.1, -0.05) is 50.1 Å². The highest BCUT2D eigenvalue weighted by molar-refractivity contribution is 6.45. The molecule has 0 spiro atoms. The molecule has 5 amide bonds. The Labute approximate surface area is 158 Å². The average molecular weight is 371 g/mol. The summed E-state index contributed by atoms with van der Waals surface area (Å²) in [6, 6.07) is 8.76. The van der Waals surface area contributed by atoms with E-state index in [4.69, 9.17) is 0 Å². The van der Waals surface area contributed by atoms with Gasteiger partial charge in [-0.25, -0.2) is 9.69 Å². The summed E-state index contributed by atoms with van der Waals surface area (Å²) in [6.07, 6.45) is 4.29. The minimum Gasteiger partial charge on any atom is -0.354 e. The first kappa shape index (κ1) is 19.1. The van der Waals surface area contributed by atoms with Gasteiger partial charge in [-0.2, -0.15) is 0 Å². The summed E-state index contributed by atoms with van der Waals surface area (Å²) < 4.78 is 0. The first-order chi connectivity index (χ1) is 13.0. The number of rotatable bonds is 6. The highest BCUT2D eigenvalue weighted by atomic mass is 16.2. The number of urea groups is 1. The Balaban J connectivity index is 1.56. The Morgan fingerprint density at radius 3 is 2.48 bits per heavy atom. The van der Waals surface area contributed by atoms with Crippen LogP contribution in [-0.2, 0) is 20.8 Å². The highest BCUT2D eigenvalue weighted by Gasteiger charge is 2.49. The molecule has 1 heterocycles. The highest BCUT2D eigenvalue weighted by Crippen LogP contribution is 2.31. The quantitative estimate of drug-likeness (QED) is 0.609. The average Bonchev–Trinajstić information content (AvgIpc) is 2.87. The largest absolute Gasteiger partial charge is 0.354 e.